The molecule has 3 heterocycles. The molecular weight excluding hydrogens is 452 g/mol. The molecule has 9 heteroatoms. The Balaban J connectivity index is 0.00000363. The minimum atomic E-state index is -0.618. The average Bonchev–Trinajstić information content (AvgIpc) is 2.70. The molecule has 0 amide bonds. The van der Waals surface area contributed by atoms with Gasteiger partial charge in [0.05, 0.1) is 24.6 Å². The number of hydrogen-bond acceptors (Lipinski definition) is 6. The topological polar surface area (TPSA) is 79.7 Å². The first kappa shape index (κ1) is 26.2. The molecule has 0 saturated carbocycles. The van der Waals surface area contributed by atoms with Crippen LogP contribution < -0.4 is 10.2 Å². The third-order valence-electron chi connectivity index (χ3n) is 5.34. The van der Waals surface area contributed by atoms with E-state index < -0.39 is 11.4 Å². The fraction of sp³-hybridized carbons (Fsp3) is 0.522. The molecule has 0 bridgehead atoms. The number of fused-ring (bicyclic) bond motifs is 3. The summed E-state index contributed by atoms with van der Waals surface area (Å²) in [4.78, 5) is 29.6. The van der Waals surface area contributed by atoms with Crippen LogP contribution in [0.1, 0.15) is 56.1 Å². The standard InChI is InChI=1S/C23H29ClN2O5.H2S/c1-6-30-22(28)15-13-26-16(12-17(15)27)20-14(11-19(26)23(2,3)4)10-18(21(24)25-20)31-9-7-8-29-5;/h10,12-13,19H,6-9,11H2,1-5H3;1H2/t19-;/m0./s1. The van der Waals surface area contributed by atoms with Gasteiger partial charge in [0.1, 0.15) is 5.56 Å². The lowest BCUT2D eigenvalue weighted by atomic mass is 9.80. The van der Waals surface area contributed by atoms with Gasteiger partial charge in [-0.2, -0.15) is 13.5 Å². The number of aromatic nitrogens is 2. The SMILES string of the molecule is CCOC(=O)c1cn2c(cc1=O)-c1nc(Cl)c(OCCCOC)cc1C[C@H]2C(C)(C)C.S. The summed E-state index contributed by atoms with van der Waals surface area (Å²) in [6.07, 6.45) is 3.00. The Morgan fingerprint density at radius 3 is 2.62 bits per heavy atom. The molecule has 0 N–H and O–H groups in total. The fourth-order valence-corrected chi connectivity index (χ4v) is 3.96. The number of pyridine rings is 2. The number of ether oxygens (including phenoxy) is 3. The monoisotopic (exact) mass is 482 g/mol. The lowest BCUT2D eigenvalue weighted by Gasteiger charge is -2.38. The van der Waals surface area contributed by atoms with Crippen LogP contribution in [0.5, 0.6) is 5.75 Å². The van der Waals surface area contributed by atoms with E-state index in [4.69, 9.17) is 25.8 Å². The number of carbonyl (C=O) groups excluding carboxylic acids is 1. The first-order valence-electron chi connectivity index (χ1n) is 10.4. The summed E-state index contributed by atoms with van der Waals surface area (Å²) < 4.78 is 17.9. The molecule has 0 unspecified atom stereocenters. The summed E-state index contributed by atoms with van der Waals surface area (Å²) in [6.45, 7) is 9.36. The zero-order chi connectivity index (χ0) is 22.8. The molecule has 0 radical (unpaired) electrons. The molecule has 7 nitrogen and oxygen atoms in total. The molecule has 1 atom stereocenters. The van der Waals surface area contributed by atoms with Crippen LogP contribution in [-0.4, -0.2) is 42.5 Å². The predicted molar refractivity (Wildman–Crippen MR) is 129 cm³/mol. The molecule has 2 aromatic heterocycles. The number of halogens is 1. The van der Waals surface area contributed by atoms with Gasteiger partial charge in [-0.15, -0.1) is 0 Å². The molecule has 0 fully saturated rings. The second-order valence-corrected chi connectivity index (χ2v) is 8.99. The number of methoxy groups -OCH3 is 1. The summed E-state index contributed by atoms with van der Waals surface area (Å²) >= 11 is 6.40. The molecule has 1 aliphatic rings. The number of rotatable bonds is 7. The van der Waals surface area contributed by atoms with Crippen molar-refractivity contribution in [2.75, 3.05) is 26.9 Å². The zero-order valence-corrected chi connectivity index (χ0v) is 20.9. The first-order chi connectivity index (χ1) is 14.7. The molecule has 0 aromatic carbocycles. The van der Waals surface area contributed by atoms with Crippen LogP contribution in [-0.2, 0) is 15.9 Å². The second kappa shape index (κ2) is 10.7. The Labute approximate surface area is 200 Å². The third-order valence-corrected chi connectivity index (χ3v) is 5.61. The minimum absolute atomic E-state index is 0. The van der Waals surface area contributed by atoms with Gasteiger partial charge in [0, 0.05) is 38.4 Å². The quantitative estimate of drug-likeness (QED) is 0.330. The molecule has 0 aliphatic carbocycles. The number of carbonyl (C=O) groups is 1. The third kappa shape index (κ3) is 5.47. The van der Waals surface area contributed by atoms with E-state index in [1.165, 1.54) is 6.07 Å². The molecule has 176 valence electrons. The van der Waals surface area contributed by atoms with E-state index in [0.717, 1.165) is 12.0 Å². The van der Waals surface area contributed by atoms with Crippen LogP contribution in [0.4, 0.5) is 0 Å². The van der Waals surface area contributed by atoms with Gasteiger partial charge in [-0.25, -0.2) is 9.78 Å². The highest BCUT2D eigenvalue weighted by Gasteiger charge is 2.35. The lowest BCUT2D eigenvalue weighted by Crippen LogP contribution is -2.33. The Morgan fingerprint density at radius 1 is 1.28 bits per heavy atom. The Morgan fingerprint density at radius 2 is 2.00 bits per heavy atom. The van der Waals surface area contributed by atoms with Crippen LogP contribution in [0, 0.1) is 5.41 Å². The lowest BCUT2D eigenvalue weighted by molar-refractivity contribution is 0.0523. The summed E-state index contributed by atoms with van der Waals surface area (Å²) in [5.41, 5.74) is 1.69. The van der Waals surface area contributed by atoms with Crippen molar-refractivity contribution in [1.29, 1.82) is 0 Å². The zero-order valence-electron chi connectivity index (χ0n) is 19.2. The van der Waals surface area contributed by atoms with Crippen LogP contribution in [0.2, 0.25) is 5.15 Å². The fourth-order valence-electron chi connectivity index (χ4n) is 3.76. The van der Waals surface area contributed by atoms with Crippen LogP contribution in [0.15, 0.2) is 23.1 Å². The van der Waals surface area contributed by atoms with E-state index in [-0.39, 0.29) is 42.3 Å². The highest BCUT2D eigenvalue weighted by Crippen LogP contribution is 2.43. The van der Waals surface area contributed by atoms with Crippen LogP contribution in [0.3, 0.4) is 0 Å². The van der Waals surface area contributed by atoms with Gasteiger partial charge < -0.3 is 18.8 Å². The molecular formula is C23H31ClN2O5S. The van der Waals surface area contributed by atoms with E-state index in [0.29, 0.717) is 36.8 Å². The molecule has 32 heavy (non-hydrogen) atoms. The van der Waals surface area contributed by atoms with Crippen molar-refractivity contribution < 1.29 is 19.0 Å². The molecule has 0 saturated heterocycles. The van der Waals surface area contributed by atoms with E-state index in [1.807, 2.05) is 10.6 Å². The molecule has 3 rings (SSSR count). The first-order valence-corrected chi connectivity index (χ1v) is 10.8. The Bertz CT molecular complexity index is 1030. The van der Waals surface area contributed by atoms with Crippen LogP contribution >= 0.6 is 25.1 Å². The summed E-state index contributed by atoms with van der Waals surface area (Å²) in [7, 11) is 1.65. The van der Waals surface area contributed by atoms with E-state index >= 15 is 0 Å². The van der Waals surface area contributed by atoms with Crippen molar-refractivity contribution in [2.24, 2.45) is 5.41 Å². The maximum atomic E-state index is 12.7. The van der Waals surface area contributed by atoms with Gasteiger partial charge in [-0.3, -0.25) is 4.79 Å². The van der Waals surface area contributed by atoms with E-state index in [1.54, 1.807) is 20.2 Å². The largest absolute Gasteiger partial charge is 0.490 e. The second-order valence-electron chi connectivity index (χ2n) is 8.63. The smallest absolute Gasteiger partial charge is 0.343 e. The van der Waals surface area contributed by atoms with Crippen molar-refractivity contribution >= 4 is 31.1 Å². The maximum absolute atomic E-state index is 12.7. The van der Waals surface area contributed by atoms with Gasteiger partial charge in [0.25, 0.3) is 0 Å². The Kier molecular flexibility index (Phi) is 8.79. The highest BCUT2D eigenvalue weighted by atomic mass is 35.5. The van der Waals surface area contributed by atoms with Crippen molar-refractivity contribution in [3.63, 3.8) is 0 Å². The number of hydrogen-bond donors (Lipinski definition) is 0. The predicted octanol–water partition coefficient (Wildman–Crippen LogP) is 4.41. The van der Waals surface area contributed by atoms with Gasteiger partial charge in [0.2, 0.25) is 0 Å². The summed E-state index contributed by atoms with van der Waals surface area (Å²) in [5.74, 6) is -0.102. The van der Waals surface area contributed by atoms with Crippen molar-refractivity contribution in [2.45, 2.75) is 46.6 Å². The van der Waals surface area contributed by atoms with Crippen molar-refractivity contribution in [1.82, 2.24) is 9.55 Å². The highest BCUT2D eigenvalue weighted by molar-refractivity contribution is 7.59. The number of nitrogens with zero attached hydrogens (tertiary/aromatic N) is 2. The average molecular weight is 483 g/mol. The summed E-state index contributed by atoms with van der Waals surface area (Å²) in [5, 5.41) is 0.235. The van der Waals surface area contributed by atoms with E-state index in [2.05, 4.69) is 25.8 Å². The maximum Gasteiger partial charge on any atom is 0.343 e. The number of esters is 1. The van der Waals surface area contributed by atoms with Gasteiger partial charge in [-0.05, 0) is 30.4 Å². The minimum Gasteiger partial charge on any atom is -0.490 e. The van der Waals surface area contributed by atoms with E-state index in [9.17, 15) is 9.59 Å². The van der Waals surface area contributed by atoms with Gasteiger partial charge in [0.15, 0.2) is 16.3 Å². The van der Waals surface area contributed by atoms with Crippen molar-refractivity contribution in [3.05, 3.63) is 44.8 Å². The normalized spacial score (nSPS) is 14.8. The van der Waals surface area contributed by atoms with Gasteiger partial charge >= 0.3 is 5.97 Å². The van der Waals surface area contributed by atoms with Gasteiger partial charge in [-0.1, -0.05) is 32.4 Å². The van der Waals surface area contributed by atoms with Crippen LogP contribution in [0.25, 0.3) is 11.4 Å². The van der Waals surface area contributed by atoms with Crippen molar-refractivity contribution in [3.8, 4) is 17.1 Å². The molecule has 1 aliphatic heterocycles. The Hall–Kier alpha value is -2.03. The summed E-state index contributed by atoms with van der Waals surface area (Å²) in [6, 6.07) is 3.35. The molecule has 2 aromatic rings. The molecule has 0 spiro atoms.